The Morgan fingerprint density at radius 3 is 2.27 bits per heavy atom. The molecule has 0 radical (unpaired) electrons. The molecule has 2 amide bonds. The molecule has 0 saturated carbocycles. The second-order valence-electron chi connectivity index (χ2n) is 8.00. The third-order valence-corrected chi connectivity index (χ3v) is 5.02. The fraction of sp³-hybridized carbons (Fsp3) is 0.619. The van der Waals surface area contributed by atoms with Gasteiger partial charge in [0.05, 0.1) is 7.11 Å². The molecule has 1 aliphatic heterocycles. The predicted molar refractivity (Wildman–Crippen MR) is 104 cm³/mol. The summed E-state index contributed by atoms with van der Waals surface area (Å²) in [7, 11) is 1.67. The predicted octanol–water partition coefficient (Wildman–Crippen LogP) is 3.39. The van der Waals surface area contributed by atoms with E-state index < -0.39 is 0 Å². The van der Waals surface area contributed by atoms with Gasteiger partial charge in [0.2, 0.25) is 5.91 Å². The summed E-state index contributed by atoms with van der Waals surface area (Å²) in [6.45, 7) is 12.8. The van der Waals surface area contributed by atoms with Crippen LogP contribution in [0.5, 0.6) is 5.75 Å². The molecule has 0 atom stereocenters. The number of hydrogen-bond donors (Lipinski definition) is 0. The summed E-state index contributed by atoms with van der Waals surface area (Å²) in [5, 5.41) is 0. The first kappa shape index (κ1) is 20.3. The number of aryl methyl sites for hydroxylation is 1. The number of benzene rings is 1. The fourth-order valence-electron chi connectivity index (χ4n) is 3.43. The highest BCUT2D eigenvalue weighted by molar-refractivity contribution is 5.96. The number of methoxy groups -OCH3 is 1. The van der Waals surface area contributed by atoms with Gasteiger partial charge >= 0.3 is 0 Å². The molecule has 5 nitrogen and oxygen atoms in total. The van der Waals surface area contributed by atoms with E-state index in [1.54, 1.807) is 7.11 Å². The van der Waals surface area contributed by atoms with Gasteiger partial charge in [0.25, 0.3) is 5.91 Å². The van der Waals surface area contributed by atoms with Crippen LogP contribution in [0.2, 0.25) is 0 Å². The van der Waals surface area contributed by atoms with E-state index in [1.165, 1.54) is 0 Å². The van der Waals surface area contributed by atoms with E-state index in [2.05, 4.69) is 20.8 Å². The van der Waals surface area contributed by atoms with Crippen molar-refractivity contribution in [3.63, 3.8) is 0 Å². The van der Waals surface area contributed by atoms with Gasteiger partial charge in [-0.3, -0.25) is 9.59 Å². The van der Waals surface area contributed by atoms with Gasteiger partial charge in [-0.25, -0.2) is 0 Å². The minimum absolute atomic E-state index is 0.0430. The maximum Gasteiger partial charge on any atom is 0.254 e. The largest absolute Gasteiger partial charge is 0.496 e. The summed E-state index contributed by atoms with van der Waals surface area (Å²) in [5.41, 5.74) is 2.57. The first-order valence-corrected chi connectivity index (χ1v) is 9.45. The van der Waals surface area contributed by atoms with Crippen LogP contribution in [0.3, 0.4) is 0 Å². The molecule has 1 aromatic rings. The fourth-order valence-corrected chi connectivity index (χ4v) is 3.43. The molecule has 1 aromatic carbocycles. The van der Waals surface area contributed by atoms with Crippen LogP contribution >= 0.6 is 0 Å². The first-order chi connectivity index (χ1) is 12.2. The smallest absolute Gasteiger partial charge is 0.254 e. The molecule has 144 valence electrons. The summed E-state index contributed by atoms with van der Waals surface area (Å²) >= 11 is 0. The van der Waals surface area contributed by atoms with Gasteiger partial charge in [-0.05, 0) is 36.5 Å². The summed E-state index contributed by atoms with van der Waals surface area (Å²) < 4.78 is 5.54. The molecule has 0 spiro atoms. The molecule has 0 bridgehead atoms. The summed E-state index contributed by atoms with van der Waals surface area (Å²) in [6.07, 6.45) is 1.33. The van der Waals surface area contributed by atoms with E-state index in [4.69, 9.17) is 4.74 Å². The molecule has 1 fully saturated rings. The summed E-state index contributed by atoms with van der Waals surface area (Å²) in [4.78, 5) is 28.9. The van der Waals surface area contributed by atoms with Gasteiger partial charge in [0.1, 0.15) is 5.75 Å². The van der Waals surface area contributed by atoms with Crippen LogP contribution in [0.15, 0.2) is 12.1 Å². The Morgan fingerprint density at radius 1 is 1.08 bits per heavy atom. The molecule has 26 heavy (non-hydrogen) atoms. The van der Waals surface area contributed by atoms with Crippen LogP contribution in [0.4, 0.5) is 0 Å². The molecule has 1 saturated heterocycles. The van der Waals surface area contributed by atoms with Crippen molar-refractivity contribution in [1.82, 2.24) is 9.80 Å². The molecule has 1 aliphatic rings. The topological polar surface area (TPSA) is 49.9 Å². The molecule has 2 rings (SSSR count). The van der Waals surface area contributed by atoms with Crippen molar-refractivity contribution < 1.29 is 14.3 Å². The highest BCUT2D eigenvalue weighted by Crippen LogP contribution is 2.34. The Labute approximate surface area is 157 Å². The number of nitrogens with zero attached hydrogens (tertiary/aromatic N) is 2. The standard InChI is InChI=1S/C21H32N2O3/c1-7-19(24)22-9-8-10-23(12-11-22)20(25)16-14-17(21(3,4)5)18(26-6)13-15(16)2/h13-14H,7-12H2,1-6H3. The lowest BCUT2D eigenvalue weighted by Crippen LogP contribution is -2.37. The SMILES string of the molecule is CCC(=O)N1CCCN(C(=O)c2cc(C(C)(C)C)c(OC)cc2C)CC1. The van der Waals surface area contributed by atoms with Crippen molar-refractivity contribution in [2.75, 3.05) is 33.3 Å². The lowest BCUT2D eigenvalue weighted by Gasteiger charge is -2.26. The van der Waals surface area contributed by atoms with Crippen LogP contribution < -0.4 is 4.74 Å². The van der Waals surface area contributed by atoms with E-state index in [0.717, 1.165) is 35.4 Å². The van der Waals surface area contributed by atoms with E-state index in [1.807, 2.05) is 35.8 Å². The van der Waals surface area contributed by atoms with Gasteiger partial charge in [-0.15, -0.1) is 0 Å². The summed E-state index contributed by atoms with van der Waals surface area (Å²) in [6, 6.07) is 3.94. The number of rotatable bonds is 3. The number of hydrogen-bond acceptors (Lipinski definition) is 3. The van der Waals surface area contributed by atoms with Crippen LogP contribution in [0, 0.1) is 6.92 Å². The molecule has 0 N–H and O–H groups in total. The van der Waals surface area contributed by atoms with Gasteiger partial charge in [-0.2, -0.15) is 0 Å². The molecule has 0 unspecified atom stereocenters. The monoisotopic (exact) mass is 360 g/mol. The second kappa shape index (κ2) is 8.11. The molecule has 5 heteroatoms. The third kappa shape index (κ3) is 4.37. The maximum atomic E-state index is 13.2. The molecule has 1 heterocycles. The second-order valence-corrected chi connectivity index (χ2v) is 8.00. The van der Waals surface area contributed by atoms with Crippen LogP contribution in [-0.2, 0) is 10.2 Å². The van der Waals surface area contributed by atoms with Crippen molar-refractivity contribution in [3.8, 4) is 5.75 Å². The highest BCUT2D eigenvalue weighted by Gasteiger charge is 2.26. The lowest BCUT2D eigenvalue weighted by molar-refractivity contribution is -0.130. The summed E-state index contributed by atoms with van der Waals surface area (Å²) in [5.74, 6) is 1.03. The van der Waals surface area contributed by atoms with Crippen LogP contribution in [0.1, 0.15) is 62.0 Å². The molecule has 0 aromatic heterocycles. The van der Waals surface area contributed by atoms with E-state index in [9.17, 15) is 9.59 Å². The molecular formula is C21H32N2O3. The van der Waals surface area contributed by atoms with Gasteiger partial charge in [-0.1, -0.05) is 27.7 Å². The average molecular weight is 360 g/mol. The van der Waals surface area contributed by atoms with Crippen LogP contribution in [0.25, 0.3) is 0 Å². The van der Waals surface area contributed by atoms with E-state index in [-0.39, 0.29) is 17.2 Å². The van der Waals surface area contributed by atoms with Crippen molar-refractivity contribution in [1.29, 1.82) is 0 Å². The Bertz CT molecular complexity index is 677. The Balaban J connectivity index is 2.28. The number of amides is 2. The van der Waals surface area contributed by atoms with Crippen molar-refractivity contribution in [3.05, 3.63) is 28.8 Å². The Hall–Kier alpha value is -2.04. The zero-order chi connectivity index (χ0) is 19.5. The van der Waals surface area contributed by atoms with Crippen LogP contribution in [-0.4, -0.2) is 54.9 Å². The maximum absolute atomic E-state index is 13.2. The van der Waals surface area contributed by atoms with Crippen molar-refractivity contribution in [2.24, 2.45) is 0 Å². The highest BCUT2D eigenvalue weighted by atomic mass is 16.5. The number of carbonyl (C=O) groups is 2. The zero-order valence-electron chi connectivity index (χ0n) is 17.0. The Kier molecular flexibility index (Phi) is 6.32. The minimum Gasteiger partial charge on any atom is -0.496 e. The average Bonchev–Trinajstić information content (AvgIpc) is 2.85. The Morgan fingerprint density at radius 2 is 1.69 bits per heavy atom. The quantitative estimate of drug-likeness (QED) is 0.830. The first-order valence-electron chi connectivity index (χ1n) is 9.45. The van der Waals surface area contributed by atoms with E-state index >= 15 is 0 Å². The van der Waals surface area contributed by atoms with Gasteiger partial charge in [0.15, 0.2) is 0 Å². The molecular weight excluding hydrogens is 328 g/mol. The zero-order valence-corrected chi connectivity index (χ0v) is 17.0. The lowest BCUT2D eigenvalue weighted by atomic mass is 9.84. The third-order valence-electron chi connectivity index (χ3n) is 5.02. The van der Waals surface area contributed by atoms with Gasteiger partial charge in [0, 0.05) is 43.7 Å². The number of ether oxygens (including phenoxy) is 1. The van der Waals surface area contributed by atoms with Crippen molar-refractivity contribution in [2.45, 2.75) is 52.9 Å². The van der Waals surface area contributed by atoms with Gasteiger partial charge < -0.3 is 14.5 Å². The normalized spacial score (nSPS) is 15.6. The number of carbonyl (C=O) groups excluding carboxylic acids is 2. The molecule has 0 aliphatic carbocycles. The van der Waals surface area contributed by atoms with Crippen molar-refractivity contribution >= 4 is 11.8 Å². The minimum atomic E-state index is -0.114. The van der Waals surface area contributed by atoms with E-state index in [0.29, 0.717) is 26.1 Å².